The van der Waals surface area contributed by atoms with Crippen molar-refractivity contribution >= 4 is 11.7 Å². The number of likely N-dealkylation sites (N-methyl/N-ethyl adjacent to an activating group) is 1. The maximum Gasteiger partial charge on any atom is 0.254 e. The molecule has 5 nitrogen and oxygen atoms in total. The van der Waals surface area contributed by atoms with Gasteiger partial charge in [0.05, 0.1) is 18.8 Å². The lowest BCUT2D eigenvalue weighted by molar-refractivity contribution is 0.0303. The van der Waals surface area contributed by atoms with E-state index in [1.54, 1.807) is 4.90 Å². The summed E-state index contributed by atoms with van der Waals surface area (Å²) in [5.74, 6) is -0.399. The van der Waals surface area contributed by atoms with Crippen LogP contribution in [0.5, 0.6) is 0 Å². The van der Waals surface area contributed by atoms with Gasteiger partial charge in [0, 0.05) is 24.2 Å². The van der Waals surface area contributed by atoms with Gasteiger partial charge in [0.2, 0.25) is 0 Å². The van der Waals surface area contributed by atoms with Crippen LogP contribution in [0.3, 0.4) is 0 Å². The van der Waals surface area contributed by atoms with Gasteiger partial charge in [0.25, 0.3) is 5.91 Å². The molecule has 0 aromatic heterocycles. The number of carbonyl (C=O) groups excluding carboxylic acids is 2. The zero-order valence-corrected chi connectivity index (χ0v) is 17.9. The monoisotopic (exact) mass is 412 g/mol. The Kier molecular flexibility index (Phi) is 7.00. The fourth-order valence-corrected chi connectivity index (χ4v) is 3.97. The SMILES string of the molecule is CCC(Cc1ccc(C(=O)N2CCOCC2)cc1)(C(=O)c1ccc(F)cc1)N(C)C. The van der Waals surface area contributed by atoms with Crippen LogP contribution >= 0.6 is 0 Å². The van der Waals surface area contributed by atoms with E-state index < -0.39 is 5.54 Å². The third-order valence-electron chi connectivity index (χ3n) is 5.97. The predicted octanol–water partition coefficient (Wildman–Crippen LogP) is 3.43. The number of hydrogen-bond acceptors (Lipinski definition) is 4. The molecular formula is C24H29FN2O3. The molecule has 0 N–H and O–H groups in total. The Morgan fingerprint density at radius 3 is 2.10 bits per heavy atom. The summed E-state index contributed by atoms with van der Waals surface area (Å²) in [7, 11) is 3.78. The second-order valence-corrected chi connectivity index (χ2v) is 7.89. The molecule has 0 bridgehead atoms. The van der Waals surface area contributed by atoms with Crippen LogP contribution in [0.1, 0.15) is 39.6 Å². The Balaban J connectivity index is 1.82. The molecule has 3 rings (SSSR count). The third-order valence-corrected chi connectivity index (χ3v) is 5.97. The molecule has 6 heteroatoms. The van der Waals surface area contributed by atoms with Gasteiger partial charge < -0.3 is 9.64 Å². The summed E-state index contributed by atoms with van der Waals surface area (Å²) in [6.45, 7) is 4.32. The average Bonchev–Trinajstić information content (AvgIpc) is 2.78. The number of rotatable bonds is 7. The first kappa shape index (κ1) is 22.1. The Labute approximate surface area is 177 Å². The van der Waals surface area contributed by atoms with Gasteiger partial charge in [0.1, 0.15) is 5.82 Å². The Morgan fingerprint density at radius 2 is 1.57 bits per heavy atom. The third kappa shape index (κ3) is 4.60. The fraction of sp³-hybridized carbons (Fsp3) is 0.417. The average molecular weight is 413 g/mol. The molecule has 1 unspecified atom stereocenters. The van der Waals surface area contributed by atoms with Crippen molar-refractivity contribution in [1.29, 1.82) is 0 Å². The number of amides is 1. The standard InChI is InChI=1S/C24H29FN2O3/c1-4-24(26(2)3,22(28)19-9-11-21(25)12-10-19)17-18-5-7-20(8-6-18)23(29)27-13-15-30-16-14-27/h5-12H,4,13-17H2,1-3H3. The largest absolute Gasteiger partial charge is 0.378 e. The van der Waals surface area contributed by atoms with Gasteiger partial charge in [-0.05, 0) is 68.9 Å². The van der Waals surface area contributed by atoms with Gasteiger partial charge in [-0.15, -0.1) is 0 Å². The molecule has 2 aromatic rings. The summed E-state index contributed by atoms with van der Waals surface area (Å²) in [4.78, 5) is 29.8. The molecule has 160 valence electrons. The van der Waals surface area contributed by atoms with Crippen molar-refractivity contribution < 1.29 is 18.7 Å². The van der Waals surface area contributed by atoms with Crippen LogP contribution in [0.25, 0.3) is 0 Å². The van der Waals surface area contributed by atoms with Gasteiger partial charge in [0.15, 0.2) is 5.78 Å². The summed E-state index contributed by atoms with van der Waals surface area (Å²) < 4.78 is 18.6. The van der Waals surface area contributed by atoms with Gasteiger partial charge in [-0.1, -0.05) is 19.1 Å². The van der Waals surface area contributed by atoms with Crippen molar-refractivity contribution in [2.24, 2.45) is 0 Å². The number of nitrogens with zero attached hydrogens (tertiary/aromatic N) is 2. The van der Waals surface area contributed by atoms with Crippen LogP contribution in [0.15, 0.2) is 48.5 Å². The predicted molar refractivity (Wildman–Crippen MR) is 114 cm³/mol. The summed E-state index contributed by atoms with van der Waals surface area (Å²) in [6, 6.07) is 13.2. The summed E-state index contributed by atoms with van der Waals surface area (Å²) in [5.41, 5.74) is 1.34. The number of ketones is 1. The topological polar surface area (TPSA) is 49.9 Å². The minimum absolute atomic E-state index is 0.00148. The number of halogens is 1. The minimum Gasteiger partial charge on any atom is -0.378 e. The highest BCUT2D eigenvalue weighted by Crippen LogP contribution is 2.28. The molecule has 2 aromatic carbocycles. The lowest BCUT2D eigenvalue weighted by Crippen LogP contribution is -2.52. The zero-order chi connectivity index (χ0) is 21.7. The second kappa shape index (κ2) is 9.49. The molecule has 1 amide bonds. The van der Waals surface area contributed by atoms with E-state index in [0.29, 0.717) is 50.3 Å². The molecule has 0 spiro atoms. The highest BCUT2D eigenvalue weighted by molar-refractivity contribution is 6.03. The zero-order valence-electron chi connectivity index (χ0n) is 17.9. The van der Waals surface area contributed by atoms with E-state index in [1.165, 1.54) is 24.3 Å². The highest BCUT2D eigenvalue weighted by atomic mass is 19.1. The van der Waals surface area contributed by atoms with Gasteiger partial charge in [-0.2, -0.15) is 0 Å². The Hall–Kier alpha value is -2.57. The van der Waals surface area contributed by atoms with Crippen molar-refractivity contribution in [3.63, 3.8) is 0 Å². The van der Waals surface area contributed by atoms with Crippen LogP contribution in [-0.4, -0.2) is 67.4 Å². The smallest absolute Gasteiger partial charge is 0.254 e. The molecule has 0 radical (unpaired) electrons. The molecule has 0 saturated carbocycles. The normalized spacial score (nSPS) is 16.4. The van der Waals surface area contributed by atoms with Crippen LogP contribution in [-0.2, 0) is 11.2 Å². The van der Waals surface area contributed by atoms with Crippen LogP contribution in [0.2, 0.25) is 0 Å². The number of hydrogen-bond donors (Lipinski definition) is 0. The van der Waals surface area contributed by atoms with Crippen LogP contribution in [0.4, 0.5) is 4.39 Å². The highest BCUT2D eigenvalue weighted by Gasteiger charge is 2.39. The van der Waals surface area contributed by atoms with E-state index in [-0.39, 0.29) is 17.5 Å². The Bertz CT molecular complexity index is 874. The van der Waals surface area contributed by atoms with Gasteiger partial charge >= 0.3 is 0 Å². The van der Waals surface area contributed by atoms with E-state index in [1.807, 2.05) is 50.2 Å². The van der Waals surface area contributed by atoms with Gasteiger partial charge in [-0.25, -0.2) is 4.39 Å². The maximum absolute atomic E-state index is 13.4. The number of Topliss-reactive ketones (excluding diaryl/α,β-unsaturated/α-hetero) is 1. The van der Waals surface area contributed by atoms with E-state index in [0.717, 1.165) is 5.56 Å². The van der Waals surface area contributed by atoms with Crippen molar-refractivity contribution in [2.75, 3.05) is 40.4 Å². The molecule has 30 heavy (non-hydrogen) atoms. The summed E-state index contributed by atoms with van der Waals surface area (Å²) in [5, 5.41) is 0. The second-order valence-electron chi connectivity index (χ2n) is 7.89. The van der Waals surface area contributed by atoms with E-state index >= 15 is 0 Å². The molecular weight excluding hydrogens is 383 g/mol. The Morgan fingerprint density at radius 1 is 1.00 bits per heavy atom. The van der Waals surface area contributed by atoms with Crippen molar-refractivity contribution in [1.82, 2.24) is 9.80 Å². The maximum atomic E-state index is 13.4. The van der Waals surface area contributed by atoms with Crippen LogP contribution in [0, 0.1) is 5.82 Å². The minimum atomic E-state index is -0.756. The first-order valence-corrected chi connectivity index (χ1v) is 10.3. The lowest BCUT2D eigenvalue weighted by atomic mass is 9.80. The number of carbonyl (C=O) groups is 2. The van der Waals surface area contributed by atoms with Crippen molar-refractivity contribution in [3.05, 3.63) is 71.0 Å². The first-order valence-electron chi connectivity index (χ1n) is 10.3. The summed E-state index contributed by atoms with van der Waals surface area (Å²) in [6.07, 6.45) is 1.10. The molecule has 1 aliphatic heterocycles. The molecule has 1 saturated heterocycles. The quantitative estimate of drug-likeness (QED) is 0.654. The van der Waals surface area contributed by atoms with Crippen LogP contribution < -0.4 is 0 Å². The van der Waals surface area contributed by atoms with E-state index in [9.17, 15) is 14.0 Å². The van der Waals surface area contributed by atoms with Gasteiger partial charge in [-0.3, -0.25) is 14.5 Å². The molecule has 1 aliphatic rings. The molecule has 1 heterocycles. The van der Waals surface area contributed by atoms with Crippen molar-refractivity contribution in [3.8, 4) is 0 Å². The number of ether oxygens (including phenoxy) is 1. The molecule has 1 atom stereocenters. The number of morpholine rings is 1. The molecule has 0 aliphatic carbocycles. The van der Waals surface area contributed by atoms with E-state index in [2.05, 4.69) is 0 Å². The van der Waals surface area contributed by atoms with Crippen molar-refractivity contribution in [2.45, 2.75) is 25.3 Å². The molecule has 1 fully saturated rings. The number of benzene rings is 2. The lowest BCUT2D eigenvalue weighted by Gasteiger charge is -2.38. The van der Waals surface area contributed by atoms with E-state index in [4.69, 9.17) is 4.74 Å². The fourth-order valence-electron chi connectivity index (χ4n) is 3.97. The summed E-state index contributed by atoms with van der Waals surface area (Å²) >= 11 is 0. The first-order chi connectivity index (χ1) is 14.4.